The molecule has 5 nitrogen and oxygen atoms in total. The summed E-state index contributed by atoms with van der Waals surface area (Å²) in [7, 11) is 3.35. The molecular weight excluding hydrogens is 244 g/mol. The smallest absolute Gasteiger partial charge is 0.299 e. The van der Waals surface area contributed by atoms with Crippen molar-refractivity contribution in [1.82, 2.24) is 5.32 Å². The number of likely N-dealkylation sites (N-methyl/N-ethyl adjacent to an activating group) is 1. The number of benzene rings is 1. The monoisotopic (exact) mass is 260 g/mol. The molecule has 1 amide bonds. The lowest BCUT2D eigenvalue weighted by Gasteiger charge is -2.18. The average molecular weight is 260 g/mol. The highest BCUT2D eigenvalue weighted by Crippen LogP contribution is 2.32. The van der Waals surface area contributed by atoms with Gasteiger partial charge in [0.25, 0.3) is 11.7 Å². The number of carbonyl (C=O) groups is 2. The molecule has 1 N–H and O–H groups in total. The number of nitrogens with one attached hydrogen (secondary N) is 1. The Hall–Kier alpha value is -2.14. The molecular formula is C14H16N2O3. The Labute approximate surface area is 111 Å². The lowest BCUT2D eigenvalue weighted by molar-refractivity contribution is -0.114. The molecule has 0 radical (unpaired) electrons. The molecule has 19 heavy (non-hydrogen) atoms. The van der Waals surface area contributed by atoms with Gasteiger partial charge in [-0.25, -0.2) is 0 Å². The Balaban J connectivity index is 2.34. The Morgan fingerprint density at radius 3 is 2.79 bits per heavy atom. The van der Waals surface area contributed by atoms with Crippen LogP contribution in [0.5, 0.6) is 5.75 Å². The Morgan fingerprint density at radius 1 is 1.42 bits per heavy atom. The minimum absolute atomic E-state index is 0.325. The van der Waals surface area contributed by atoms with Crippen molar-refractivity contribution in [2.75, 3.05) is 32.1 Å². The molecule has 0 aromatic heterocycles. The molecule has 0 unspecified atom stereocenters. The zero-order valence-corrected chi connectivity index (χ0v) is 11.0. The Bertz CT molecular complexity index is 552. The van der Waals surface area contributed by atoms with Crippen molar-refractivity contribution in [1.29, 1.82) is 0 Å². The van der Waals surface area contributed by atoms with E-state index in [0.29, 0.717) is 30.1 Å². The number of amides is 1. The SMILES string of the molecule is C=C(CNC)CN1C(=O)C(=O)c2ccc(OC)cc21. The standard InChI is InChI=1S/C14H16N2O3/c1-9(7-15-2)8-16-12-6-10(19-3)4-5-11(12)13(17)14(16)18/h4-6,15H,1,7-8H2,2-3H3. The fourth-order valence-electron chi connectivity index (χ4n) is 2.09. The molecule has 100 valence electrons. The van der Waals surface area contributed by atoms with Crippen LogP contribution in [0.4, 0.5) is 5.69 Å². The van der Waals surface area contributed by atoms with E-state index in [1.54, 1.807) is 32.4 Å². The predicted octanol–water partition coefficient (Wildman–Crippen LogP) is 1.00. The summed E-state index contributed by atoms with van der Waals surface area (Å²) in [6, 6.07) is 5.00. The topological polar surface area (TPSA) is 58.6 Å². The van der Waals surface area contributed by atoms with E-state index in [1.165, 1.54) is 4.90 Å². The summed E-state index contributed by atoms with van der Waals surface area (Å²) in [6.07, 6.45) is 0. The largest absolute Gasteiger partial charge is 0.497 e. The number of nitrogens with zero attached hydrogens (tertiary/aromatic N) is 1. The highest BCUT2D eigenvalue weighted by molar-refractivity contribution is 6.52. The zero-order chi connectivity index (χ0) is 14.0. The summed E-state index contributed by atoms with van der Waals surface area (Å²) in [5.74, 6) is -0.374. The molecule has 1 aliphatic rings. The van der Waals surface area contributed by atoms with Gasteiger partial charge in [-0.1, -0.05) is 6.58 Å². The van der Waals surface area contributed by atoms with E-state index in [-0.39, 0.29) is 0 Å². The van der Waals surface area contributed by atoms with Crippen LogP contribution in [0.15, 0.2) is 30.4 Å². The van der Waals surface area contributed by atoms with E-state index < -0.39 is 11.7 Å². The third-order valence-corrected chi connectivity index (χ3v) is 2.99. The number of ketones is 1. The normalized spacial score (nSPS) is 13.7. The van der Waals surface area contributed by atoms with Crippen LogP contribution in [0.25, 0.3) is 0 Å². The maximum Gasteiger partial charge on any atom is 0.299 e. The number of ether oxygens (including phenoxy) is 1. The molecule has 1 aliphatic heterocycles. The van der Waals surface area contributed by atoms with Crippen LogP contribution in [0.1, 0.15) is 10.4 Å². The highest BCUT2D eigenvalue weighted by Gasteiger charge is 2.36. The zero-order valence-electron chi connectivity index (χ0n) is 11.0. The van der Waals surface area contributed by atoms with Gasteiger partial charge >= 0.3 is 0 Å². The van der Waals surface area contributed by atoms with Crippen molar-refractivity contribution < 1.29 is 14.3 Å². The van der Waals surface area contributed by atoms with Gasteiger partial charge in [0.15, 0.2) is 0 Å². The molecule has 2 rings (SSSR count). The summed E-state index contributed by atoms with van der Waals surface area (Å²) in [5, 5.41) is 2.97. The van der Waals surface area contributed by atoms with Gasteiger partial charge in [0, 0.05) is 19.2 Å². The van der Waals surface area contributed by atoms with Crippen molar-refractivity contribution in [3.8, 4) is 5.75 Å². The second-order valence-corrected chi connectivity index (χ2v) is 4.38. The molecule has 0 saturated heterocycles. The molecule has 0 spiro atoms. The van der Waals surface area contributed by atoms with Crippen molar-refractivity contribution in [2.24, 2.45) is 0 Å². The minimum Gasteiger partial charge on any atom is -0.497 e. The predicted molar refractivity (Wildman–Crippen MR) is 72.7 cm³/mol. The van der Waals surface area contributed by atoms with Crippen LogP contribution in [-0.2, 0) is 4.79 Å². The Morgan fingerprint density at radius 2 is 2.16 bits per heavy atom. The van der Waals surface area contributed by atoms with Gasteiger partial charge in [0.1, 0.15) is 5.75 Å². The maximum absolute atomic E-state index is 12.0. The number of anilines is 1. The van der Waals surface area contributed by atoms with Crippen LogP contribution in [0.2, 0.25) is 0 Å². The third kappa shape index (κ3) is 2.37. The van der Waals surface area contributed by atoms with Crippen molar-refractivity contribution in [3.05, 3.63) is 35.9 Å². The maximum atomic E-state index is 12.0. The fraction of sp³-hybridized carbons (Fsp3) is 0.286. The summed E-state index contributed by atoms with van der Waals surface area (Å²) in [4.78, 5) is 25.3. The van der Waals surface area contributed by atoms with Gasteiger partial charge in [-0.05, 0) is 24.8 Å². The van der Waals surface area contributed by atoms with Gasteiger partial charge < -0.3 is 15.0 Å². The molecule has 1 heterocycles. The van der Waals surface area contributed by atoms with Gasteiger partial charge in [0.2, 0.25) is 0 Å². The number of rotatable bonds is 5. The quantitative estimate of drug-likeness (QED) is 0.634. The van der Waals surface area contributed by atoms with Crippen LogP contribution < -0.4 is 15.0 Å². The van der Waals surface area contributed by atoms with E-state index in [4.69, 9.17) is 4.74 Å². The number of hydrogen-bond acceptors (Lipinski definition) is 4. The lowest BCUT2D eigenvalue weighted by Crippen LogP contribution is -2.33. The number of methoxy groups -OCH3 is 1. The molecule has 0 atom stereocenters. The number of carbonyl (C=O) groups excluding carboxylic acids is 2. The summed E-state index contributed by atoms with van der Waals surface area (Å²) in [5.41, 5.74) is 1.84. The van der Waals surface area contributed by atoms with Crippen LogP contribution in [-0.4, -0.2) is 38.9 Å². The molecule has 5 heteroatoms. The third-order valence-electron chi connectivity index (χ3n) is 2.99. The second-order valence-electron chi connectivity index (χ2n) is 4.38. The van der Waals surface area contributed by atoms with E-state index in [1.807, 2.05) is 0 Å². The molecule has 0 aliphatic carbocycles. The second kappa shape index (κ2) is 5.24. The van der Waals surface area contributed by atoms with Crippen LogP contribution in [0.3, 0.4) is 0 Å². The minimum atomic E-state index is -0.513. The lowest BCUT2D eigenvalue weighted by atomic mass is 10.1. The van der Waals surface area contributed by atoms with Gasteiger partial charge in [0.05, 0.1) is 18.4 Å². The van der Waals surface area contributed by atoms with E-state index in [2.05, 4.69) is 11.9 Å². The van der Waals surface area contributed by atoms with E-state index in [9.17, 15) is 9.59 Å². The van der Waals surface area contributed by atoms with E-state index >= 15 is 0 Å². The first-order valence-corrected chi connectivity index (χ1v) is 5.94. The van der Waals surface area contributed by atoms with Crippen LogP contribution in [0, 0.1) is 0 Å². The molecule has 0 saturated carbocycles. The van der Waals surface area contributed by atoms with Crippen molar-refractivity contribution >= 4 is 17.4 Å². The van der Waals surface area contributed by atoms with Crippen molar-refractivity contribution in [2.45, 2.75) is 0 Å². The van der Waals surface area contributed by atoms with Crippen LogP contribution >= 0.6 is 0 Å². The Kier molecular flexibility index (Phi) is 3.66. The first kappa shape index (κ1) is 13.3. The molecule has 1 aromatic carbocycles. The fourth-order valence-corrected chi connectivity index (χ4v) is 2.09. The average Bonchev–Trinajstić information content (AvgIpc) is 2.64. The first-order chi connectivity index (χ1) is 9.08. The number of Topliss-reactive ketones (excluding diaryl/α,β-unsaturated/α-hetero) is 1. The number of hydrogen-bond donors (Lipinski definition) is 1. The highest BCUT2D eigenvalue weighted by atomic mass is 16.5. The van der Waals surface area contributed by atoms with Gasteiger partial charge in [-0.3, -0.25) is 9.59 Å². The molecule has 1 aromatic rings. The van der Waals surface area contributed by atoms with Gasteiger partial charge in [-0.15, -0.1) is 0 Å². The van der Waals surface area contributed by atoms with Gasteiger partial charge in [-0.2, -0.15) is 0 Å². The summed E-state index contributed by atoms with van der Waals surface area (Å²) in [6.45, 7) is 4.80. The molecule has 0 fully saturated rings. The summed E-state index contributed by atoms with van der Waals surface area (Å²) >= 11 is 0. The molecule has 0 bridgehead atoms. The number of fused-ring (bicyclic) bond motifs is 1. The summed E-state index contributed by atoms with van der Waals surface area (Å²) < 4.78 is 5.13. The first-order valence-electron chi connectivity index (χ1n) is 5.94. The van der Waals surface area contributed by atoms with E-state index in [0.717, 1.165) is 5.57 Å². The van der Waals surface area contributed by atoms with Crippen molar-refractivity contribution in [3.63, 3.8) is 0 Å².